The molecule has 4 nitrogen and oxygen atoms in total. The van der Waals surface area contributed by atoms with Gasteiger partial charge in [0.1, 0.15) is 12.4 Å². The van der Waals surface area contributed by atoms with Gasteiger partial charge in [-0.25, -0.2) is 4.98 Å². The van der Waals surface area contributed by atoms with Crippen molar-refractivity contribution in [3.05, 3.63) is 76.5 Å². The number of hydrogen-bond acceptors (Lipinski definition) is 4. The Morgan fingerprint density at radius 3 is 2.21 bits per heavy atom. The van der Waals surface area contributed by atoms with Crippen molar-refractivity contribution in [3.8, 4) is 22.8 Å². The van der Waals surface area contributed by atoms with Gasteiger partial charge in [-0.2, -0.15) is 0 Å². The molecule has 0 amide bonds. The minimum absolute atomic E-state index is 0.154. The summed E-state index contributed by atoms with van der Waals surface area (Å²) in [4.78, 5) is 15.0. The van der Waals surface area contributed by atoms with Crippen LogP contribution in [0, 0.1) is 20.8 Å². The zero-order valence-electron chi connectivity index (χ0n) is 21.1. The molecule has 33 heavy (non-hydrogen) atoms. The Bertz CT molecular complexity index is 1120. The van der Waals surface area contributed by atoms with Crippen LogP contribution in [-0.4, -0.2) is 19.6 Å². The molecule has 0 atom stereocenters. The van der Waals surface area contributed by atoms with Crippen molar-refractivity contribution in [3.63, 3.8) is 0 Å². The van der Waals surface area contributed by atoms with Gasteiger partial charge in [0, 0.05) is 17.8 Å². The first-order valence-electron chi connectivity index (χ1n) is 11.4. The van der Waals surface area contributed by atoms with Gasteiger partial charge in [-0.1, -0.05) is 39.0 Å². The van der Waals surface area contributed by atoms with Crippen LogP contribution < -0.4 is 9.16 Å². The molecular weight excluding hydrogens is 426 g/mol. The fraction of sp³-hybridized carbons (Fsp3) is 0.357. The molecule has 0 aliphatic heterocycles. The second-order valence-corrected chi connectivity index (χ2v) is 14.9. The van der Waals surface area contributed by atoms with Crippen LogP contribution in [0.4, 0.5) is 0 Å². The maximum atomic E-state index is 10.8. The zero-order valence-corrected chi connectivity index (χ0v) is 22.1. The molecule has 0 bridgehead atoms. The Hall–Kier alpha value is -2.92. The number of carbonyl (C=O) groups is 1. The van der Waals surface area contributed by atoms with Crippen LogP contribution in [0.1, 0.15) is 53.4 Å². The summed E-state index contributed by atoms with van der Waals surface area (Å²) in [5, 5.41) is 0.154. The van der Waals surface area contributed by atoms with Crippen molar-refractivity contribution in [1.29, 1.82) is 0 Å². The number of carbonyl (C=O) groups excluding carboxylic acids is 1. The summed E-state index contributed by atoms with van der Waals surface area (Å²) < 4.78 is 12.5. The lowest BCUT2D eigenvalue weighted by Gasteiger charge is -2.36. The molecule has 2 aromatic carbocycles. The van der Waals surface area contributed by atoms with Gasteiger partial charge >= 0.3 is 0 Å². The average Bonchev–Trinajstić information content (AvgIpc) is 2.73. The van der Waals surface area contributed by atoms with Crippen molar-refractivity contribution < 1.29 is 14.0 Å². The van der Waals surface area contributed by atoms with E-state index in [-0.39, 0.29) is 5.04 Å². The largest absolute Gasteiger partial charge is 0.543 e. The highest BCUT2D eigenvalue weighted by Crippen LogP contribution is 2.40. The summed E-state index contributed by atoms with van der Waals surface area (Å²) in [5.74, 6) is 1.47. The molecule has 3 aromatic rings. The van der Waals surface area contributed by atoms with Crippen LogP contribution in [0.5, 0.6) is 11.6 Å². The summed E-state index contributed by atoms with van der Waals surface area (Å²) in [6, 6.07) is 14.1. The number of nitrogens with zero attached hydrogens (tertiary/aromatic N) is 1. The number of benzene rings is 2. The SMILES string of the molecule is Cc1cc(O[Si](C)(C)C(C)(C)C)cc(C)c1-c1cccc(COc2ccc(C=O)cn2)c1C. The van der Waals surface area contributed by atoms with Gasteiger partial charge in [-0.3, -0.25) is 4.79 Å². The molecule has 1 heterocycles. The third-order valence-corrected chi connectivity index (χ3v) is 11.0. The van der Waals surface area contributed by atoms with Gasteiger partial charge in [0.15, 0.2) is 6.29 Å². The minimum Gasteiger partial charge on any atom is -0.543 e. The van der Waals surface area contributed by atoms with Crippen molar-refractivity contribution >= 4 is 14.6 Å². The Morgan fingerprint density at radius 2 is 1.67 bits per heavy atom. The van der Waals surface area contributed by atoms with Crippen LogP contribution in [0.25, 0.3) is 11.1 Å². The molecule has 5 heteroatoms. The lowest BCUT2D eigenvalue weighted by molar-refractivity contribution is 0.112. The number of aryl methyl sites for hydroxylation is 2. The van der Waals surface area contributed by atoms with Gasteiger partial charge in [0.05, 0.1) is 0 Å². The number of aldehydes is 1. The van der Waals surface area contributed by atoms with Crippen molar-refractivity contribution in [2.24, 2.45) is 0 Å². The van der Waals surface area contributed by atoms with Gasteiger partial charge in [-0.15, -0.1) is 0 Å². The molecule has 0 radical (unpaired) electrons. The molecule has 0 aliphatic rings. The summed E-state index contributed by atoms with van der Waals surface area (Å²) in [7, 11) is -1.90. The fourth-order valence-electron chi connectivity index (χ4n) is 3.66. The van der Waals surface area contributed by atoms with E-state index < -0.39 is 8.32 Å². The molecule has 0 N–H and O–H groups in total. The summed E-state index contributed by atoms with van der Waals surface area (Å²) >= 11 is 0. The topological polar surface area (TPSA) is 48.4 Å². The van der Waals surface area contributed by atoms with E-state index in [4.69, 9.17) is 9.16 Å². The van der Waals surface area contributed by atoms with E-state index >= 15 is 0 Å². The minimum atomic E-state index is -1.90. The van der Waals surface area contributed by atoms with E-state index in [0.29, 0.717) is 18.1 Å². The summed E-state index contributed by atoms with van der Waals surface area (Å²) in [6.45, 7) is 18.2. The predicted octanol–water partition coefficient (Wildman–Crippen LogP) is 7.45. The molecule has 0 saturated heterocycles. The number of hydrogen-bond donors (Lipinski definition) is 0. The number of ether oxygens (including phenoxy) is 1. The van der Waals surface area contributed by atoms with Crippen LogP contribution in [0.15, 0.2) is 48.7 Å². The molecule has 174 valence electrons. The molecule has 0 unspecified atom stereocenters. The molecule has 0 fully saturated rings. The van der Waals surface area contributed by atoms with E-state index in [9.17, 15) is 4.79 Å². The number of pyridine rings is 1. The monoisotopic (exact) mass is 461 g/mol. The number of rotatable bonds is 7. The van der Waals surface area contributed by atoms with Gasteiger partial charge in [0.2, 0.25) is 14.2 Å². The van der Waals surface area contributed by atoms with E-state index in [2.05, 4.69) is 90.0 Å². The maximum absolute atomic E-state index is 10.8. The van der Waals surface area contributed by atoms with Crippen LogP contribution in [0.2, 0.25) is 18.1 Å². The van der Waals surface area contributed by atoms with E-state index in [1.807, 2.05) is 0 Å². The van der Waals surface area contributed by atoms with Crippen LogP contribution in [0.3, 0.4) is 0 Å². The van der Waals surface area contributed by atoms with E-state index in [0.717, 1.165) is 17.6 Å². The second-order valence-electron chi connectivity index (χ2n) is 10.2. The molecular formula is C28H35NO3Si. The highest BCUT2D eigenvalue weighted by molar-refractivity contribution is 6.74. The fourth-order valence-corrected chi connectivity index (χ4v) is 4.68. The Balaban J connectivity index is 1.88. The van der Waals surface area contributed by atoms with Crippen molar-refractivity contribution in [1.82, 2.24) is 4.98 Å². The normalized spacial score (nSPS) is 11.9. The van der Waals surface area contributed by atoms with Gasteiger partial charge in [-0.05, 0) is 90.5 Å². The zero-order chi connectivity index (χ0) is 24.4. The van der Waals surface area contributed by atoms with Gasteiger partial charge < -0.3 is 9.16 Å². The third kappa shape index (κ3) is 5.53. The lowest BCUT2D eigenvalue weighted by Crippen LogP contribution is -2.43. The van der Waals surface area contributed by atoms with Gasteiger partial charge in [0.25, 0.3) is 0 Å². The van der Waals surface area contributed by atoms with Crippen LogP contribution >= 0.6 is 0 Å². The summed E-state index contributed by atoms with van der Waals surface area (Å²) in [5.41, 5.74) is 7.68. The number of aromatic nitrogens is 1. The van der Waals surface area contributed by atoms with E-state index in [1.165, 1.54) is 34.0 Å². The standard InChI is InChI=1S/C28H35NO3Si/c1-19-14-24(32-33(7,8)28(4,5)6)15-20(2)27(19)25-11-9-10-23(21(25)3)18-31-26-13-12-22(17-30)16-29-26/h9-17H,18H2,1-8H3. The van der Waals surface area contributed by atoms with Crippen LogP contribution in [-0.2, 0) is 6.61 Å². The van der Waals surface area contributed by atoms with E-state index in [1.54, 1.807) is 12.1 Å². The predicted molar refractivity (Wildman–Crippen MR) is 138 cm³/mol. The maximum Gasteiger partial charge on any atom is 0.250 e. The highest BCUT2D eigenvalue weighted by atomic mass is 28.4. The van der Waals surface area contributed by atoms with Crippen molar-refractivity contribution in [2.45, 2.75) is 66.3 Å². The first-order chi connectivity index (χ1) is 15.4. The molecule has 3 rings (SSSR count). The summed E-state index contributed by atoms with van der Waals surface area (Å²) in [6.07, 6.45) is 2.30. The smallest absolute Gasteiger partial charge is 0.250 e. The first kappa shape index (κ1) is 24.7. The second kappa shape index (κ2) is 9.52. The first-order valence-corrected chi connectivity index (χ1v) is 14.3. The molecule has 0 saturated carbocycles. The average molecular weight is 462 g/mol. The highest BCUT2D eigenvalue weighted by Gasteiger charge is 2.39. The molecule has 1 aromatic heterocycles. The Morgan fingerprint density at radius 1 is 1.00 bits per heavy atom. The Labute approximate surface area is 199 Å². The molecule has 0 aliphatic carbocycles. The molecule has 0 spiro atoms. The Kier molecular flexibility index (Phi) is 7.13. The lowest BCUT2D eigenvalue weighted by atomic mass is 9.90. The van der Waals surface area contributed by atoms with Crippen molar-refractivity contribution in [2.75, 3.05) is 0 Å². The quantitative estimate of drug-likeness (QED) is 0.271. The third-order valence-electron chi connectivity index (χ3n) is 6.67.